The fraction of sp³-hybridized carbons (Fsp3) is 0.190. The maximum atomic E-state index is 13.2. The standard InChI is InChI=1S/C21H20N2O5S/c1-4-28-17-8-6-5-7-13(17)11-15-19(24)22-21(29)23(20(15)25)16-10-9-14(26-2)12-18(16)27-3/h5-12H,4H2,1-3H3,(H,22,24,29)/b15-11+. The van der Waals surface area contributed by atoms with Gasteiger partial charge >= 0.3 is 0 Å². The molecule has 1 N–H and O–H groups in total. The Morgan fingerprint density at radius 3 is 2.52 bits per heavy atom. The van der Waals surface area contributed by atoms with Crippen LogP contribution in [0.2, 0.25) is 0 Å². The monoisotopic (exact) mass is 412 g/mol. The van der Waals surface area contributed by atoms with Gasteiger partial charge in [-0.15, -0.1) is 0 Å². The zero-order chi connectivity index (χ0) is 21.0. The fourth-order valence-electron chi connectivity index (χ4n) is 2.89. The normalized spacial score (nSPS) is 15.3. The number of para-hydroxylation sites is 1. The Balaban J connectivity index is 2.06. The first-order valence-electron chi connectivity index (χ1n) is 8.85. The number of methoxy groups -OCH3 is 2. The molecule has 0 saturated carbocycles. The number of carbonyl (C=O) groups excluding carboxylic acids is 2. The Labute approximate surface area is 173 Å². The molecule has 0 unspecified atom stereocenters. The van der Waals surface area contributed by atoms with E-state index in [1.807, 2.05) is 13.0 Å². The zero-order valence-electron chi connectivity index (χ0n) is 16.2. The highest BCUT2D eigenvalue weighted by molar-refractivity contribution is 7.80. The largest absolute Gasteiger partial charge is 0.497 e. The summed E-state index contributed by atoms with van der Waals surface area (Å²) in [5.41, 5.74) is 0.943. The van der Waals surface area contributed by atoms with E-state index >= 15 is 0 Å². The lowest BCUT2D eigenvalue weighted by Gasteiger charge is -2.30. The summed E-state index contributed by atoms with van der Waals surface area (Å²) in [5.74, 6) is 0.380. The van der Waals surface area contributed by atoms with Crippen LogP contribution in [0.1, 0.15) is 12.5 Å². The highest BCUT2D eigenvalue weighted by atomic mass is 32.1. The van der Waals surface area contributed by atoms with Crippen molar-refractivity contribution in [2.24, 2.45) is 0 Å². The van der Waals surface area contributed by atoms with E-state index in [-0.39, 0.29) is 10.7 Å². The lowest BCUT2D eigenvalue weighted by atomic mass is 10.1. The van der Waals surface area contributed by atoms with E-state index < -0.39 is 11.8 Å². The molecule has 1 fully saturated rings. The Bertz CT molecular complexity index is 1000. The van der Waals surface area contributed by atoms with Crippen LogP contribution in [0, 0.1) is 0 Å². The van der Waals surface area contributed by atoms with Crippen LogP contribution in [0.15, 0.2) is 48.0 Å². The van der Waals surface area contributed by atoms with Crippen LogP contribution in [0.25, 0.3) is 6.08 Å². The second-order valence-corrected chi connectivity index (χ2v) is 6.35. The smallest absolute Gasteiger partial charge is 0.270 e. The average molecular weight is 412 g/mol. The molecule has 0 bridgehead atoms. The van der Waals surface area contributed by atoms with Gasteiger partial charge in [0.2, 0.25) is 0 Å². The number of nitrogens with one attached hydrogen (secondary N) is 1. The summed E-state index contributed by atoms with van der Waals surface area (Å²) in [5, 5.41) is 2.53. The van der Waals surface area contributed by atoms with Gasteiger partial charge in [-0.3, -0.25) is 14.9 Å². The SMILES string of the molecule is CCOc1ccccc1/C=C1\C(=O)NC(=S)N(c2ccc(OC)cc2OC)C1=O. The van der Waals surface area contributed by atoms with Crippen LogP contribution >= 0.6 is 12.2 Å². The summed E-state index contributed by atoms with van der Waals surface area (Å²) in [7, 11) is 3.01. The number of nitrogens with zero attached hydrogens (tertiary/aromatic N) is 1. The molecule has 2 amide bonds. The summed E-state index contributed by atoms with van der Waals surface area (Å²) in [6, 6.07) is 12.1. The van der Waals surface area contributed by atoms with E-state index in [0.717, 1.165) is 0 Å². The first kappa shape index (κ1) is 20.3. The molecule has 1 heterocycles. The van der Waals surface area contributed by atoms with E-state index in [0.29, 0.717) is 35.1 Å². The summed E-state index contributed by atoms with van der Waals surface area (Å²) in [6.45, 7) is 2.32. The summed E-state index contributed by atoms with van der Waals surface area (Å²) >= 11 is 5.25. The van der Waals surface area contributed by atoms with Gasteiger partial charge in [0.1, 0.15) is 22.8 Å². The predicted octanol–water partition coefficient (Wildman–Crippen LogP) is 2.93. The van der Waals surface area contributed by atoms with Crippen molar-refractivity contribution in [1.82, 2.24) is 5.32 Å². The molecule has 1 aliphatic heterocycles. The molecular formula is C21H20N2O5S. The Morgan fingerprint density at radius 1 is 1.07 bits per heavy atom. The van der Waals surface area contributed by atoms with E-state index in [9.17, 15) is 9.59 Å². The first-order chi connectivity index (χ1) is 14.0. The van der Waals surface area contributed by atoms with Crippen LogP contribution in [0.5, 0.6) is 17.2 Å². The van der Waals surface area contributed by atoms with Gasteiger partial charge in [-0.25, -0.2) is 4.90 Å². The van der Waals surface area contributed by atoms with Gasteiger partial charge in [-0.1, -0.05) is 18.2 Å². The van der Waals surface area contributed by atoms with Crippen molar-refractivity contribution >= 4 is 40.9 Å². The second-order valence-electron chi connectivity index (χ2n) is 5.97. The number of benzene rings is 2. The van der Waals surface area contributed by atoms with Crippen molar-refractivity contribution in [3.8, 4) is 17.2 Å². The quantitative estimate of drug-likeness (QED) is 0.447. The second kappa shape index (κ2) is 8.74. The molecule has 2 aromatic rings. The van der Waals surface area contributed by atoms with Crippen LogP contribution in [0.4, 0.5) is 5.69 Å². The lowest BCUT2D eigenvalue weighted by molar-refractivity contribution is -0.122. The van der Waals surface area contributed by atoms with Gasteiger partial charge in [0.05, 0.1) is 26.5 Å². The Hall–Kier alpha value is -3.39. The number of rotatable bonds is 6. The maximum absolute atomic E-state index is 13.2. The van der Waals surface area contributed by atoms with Gasteiger partial charge in [-0.05, 0) is 43.4 Å². The number of hydrogen-bond acceptors (Lipinski definition) is 6. The number of amides is 2. The van der Waals surface area contributed by atoms with Crippen molar-refractivity contribution in [1.29, 1.82) is 0 Å². The molecule has 7 nitrogen and oxygen atoms in total. The van der Waals surface area contributed by atoms with Gasteiger partial charge in [0.25, 0.3) is 11.8 Å². The number of ether oxygens (including phenoxy) is 3. The first-order valence-corrected chi connectivity index (χ1v) is 9.26. The molecule has 150 valence electrons. The Kier molecular flexibility index (Phi) is 6.13. The van der Waals surface area contributed by atoms with Crippen molar-refractivity contribution in [2.75, 3.05) is 25.7 Å². The molecule has 8 heteroatoms. The van der Waals surface area contributed by atoms with Crippen molar-refractivity contribution in [3.05, 3.63) is 53.6 Å². The van der Waals surface area contributed by atoms with Crippen LogP contribution in [-0.4, -0.2) is 37.8 Å². The van der Waals surface area contributed by atoms with E-state index in [1.165, 1.54) is 25.2 Å². The third-order valence-electron chi connectivity index (χ3n) is 4.25. The minimum Gasteiger partial charge on any atom is -0.497 e. The van der Waals surface area contributed by atoms with Gasteiger partial charge in [0, 0.05) is 11.6 Å². The third-order valence-corrected chi connectivity index (χ3v) is 4.53. The number of carbonyl (C=O) groups is 2. The topological polar surface area (TPSA) is 77.1 Å². The predicted molar refractivity (Wildman–Crippen MR) is 113 cm³/mol. The van der Waals surface area contributed by atoms with Crippen molar-refractivity contribution < 1.29 is 23.8 Å². The number of thiocarbonyl (C=S) groups is 1. The molecule has 0 aliphatic carbocycles. The maximum Gasteiger partial charge on any atom is 0.270 e. The molecule has 1 aliphatic rings. The highest BCUT2D eigenvalue weighted by Gasteiger charge is 2.36. The number of hydrogen-bond donors (Lipinski definition) is 1. The highest BCUT2D eigenvalue weighted by Crippen LogP contribution is 2.34. The van der Waals surface area contributed by atoms with Crippen LogP contribution in [0.3, 0.4) is 0 Å². The third kappa shape index (κ3) is 4.07. The molecule has 3 rings (SSSR count). The molecule has 0 radical (unpaired) electrons. The number of anilines is 1. The van der Waals surface area contributed by atoms with Crippen LogP contribution in [-0.2, 0) is 9.59 Å². The minimum atomic E-state index is -0.574. The summed E-state index contributed by atoms with van der Waals surface area (Å²) in [4.78, 5) is 27.0. The molecule has 2 aromatic carbocycles. The molecule has 29 heavy (non-hydrogen) atoms. The molecule has 0 atom stereocenters. The van der Waals surface area contributed by atoms with Gasteiger partial charge in [-0.2, -0.15) is 0 Å². The molecular weight excluding hydrogens is 392 g/mol. The Morgan fingerprint density at radius 2 is 1.83 bits per heavy atom. The fourth-order valence-corrected chi connectivity index (χ4v) is 3.16. The molecule has 1 saturated heterocycles. The molecule has 0 spiro atoms. The summed E-state index contributed by atoms with van der Waals surface area (Å²) < 4.78 is 16.2. The lowest BCUT2D eigenvalue weighted by Crippen LogP contribution is -2.54. The van der Waals surface area contributed by atoms with Crippen molar-refractivity contribution in [2.45, 2.75) is 6.92 Å². The zero-order valence-corrected chi connectivity index (χ0v) is 17.0. The average Bonchev–Trinajstić information content (AvgIpc) is 2.72. The van der Waals surface area contributed by atoms with E-state index in [2.05, 4.69) is 5.32 Å². The van der Waals surface area contributed by atoms with E-state index in [4.69, 9.17) is 26.4 Å². The van der Waals surface area contributed by atoms with Gasteiger partial charge in [0.15, 0.2) is 5.11 Å². The summed E-state index contributed by atoms with van der Waals surface area (Å²) in [6.07, 6.45) is 1.49. The van der Waals surface area contributed by atoms with Gasteiger partial charge < -0.3 is 14.2 Å². The van der Waals surface area contributed by atoms with Crippen LogP contribution < -0.4 is 24.4 Å². The van der Waals surface area contributed by atoms with E-state index in [1.54, 1.807) is 36.4 Å². The minimum absolute atomic E-state index is 0.0290. The van der Waals surface area contributed by atoms with Crippen molar-refractivity contribution in [3.63, 3.8) is 0 Å². The molecule has 0 aromatic heterocycles.